The zero-order valence-corrected chi connectivity index (χ0v) is 24.2. The van der Waals surface area contributed by atoms with Crippen molar-refractivity contribution < 1.29 is 33.3 Å². The number of benzene rings is 1. The molecule has 0 fully saturated rings. The molecular formula is C29H42N2O7. The molecule has 0 aliphatic carbocycles. The topological polar surface area (TPSA) is 95.9 Å². The second kappa shape index (κ2) is 14.4. The van der Waals surface area contributed by atoms with Gasteiger partial charge in [0.1, 0.15) is 24.6 Å². The summed E-state index contributed by atoms with van der Waals surface area (Å²) in [6.45, 7) is 11.4. The van der Waals surface area contributed by atoms with Crippen LogP contribution >= 0.6 is 0 Å². The van der Waals surface area contributed by atoms with Crippen LogP contribution in [0.25, 0.3) is 0 Å². The maximum Gasteiger partial charge on any atom is 0.416 e. The number of allylic oxidation sites excluding steroid dienone is 2. The third-order valence-corrected chi connectivity index (χ3v) is 6.24. The molecule has 2 unspecified atom stereocenters. The summed E-state index contributed by atoms with van der Waals surface area (Å²) in [5.74, 6) is 0.986. The highest BCUT2D eigenvalue weighted by Crippen LogP contribution is 2.44. The molecular weight excluding hydrogens is 488 g/mol. The summed E-state index contributed by atoms with van der Waals surface area (Å²) in [4.78, 5) is 32.9. The van der Waals surface area contributed by atoms with Crippen molar-refractivity contribution in [1.29, 1.82) is 0 Å². The monoisotopic (exact) mass is 530 g/mol. The molecule has 0 bridgehead atoms. The molecule has 2 atom stereocenters. The Morgan fingerprint density at radius 3 is 2.21 bits per heavy atom. The molecule has 1 amide bonds. The predicted octanol–water partition coefficient (Wildman–Crippen LogP) is 6.38. The molecule has 0 saturated heterocycles. The number of ether oxygens (including phenoxy) is 5. The minimum Gasteiger partial charge on any atom is -0.493 e. The van der Waals surface area contributed by atoms with Crippen LogP contribution in [0.3, 0.4) is 0 Å². The van der Waals surface area contributed by atoms with Gasteiger partial charge >= 0.3 is 12.1 Å². The number of methoxy groups -OCH3 is 3. The van der Waals surface area contributed by atoms with Crippen molar-refractivity contribution in [3.05, 3.63) is 40.6 Å². The number of carbonyl (C=O) groups excluding carboxylic acids is 2. The number of amidine groups is 1. The molecule has 1 aliphatic rings. The Hall–Kier alpha value is -3.49. The van der Waals surface area contributed by atoms with Gasteiger partial charge in [0, 0.05) is 0 Å². The first-order valence-electron chi connectivity index (χ1n) is 13.0. The van der Waals surface area contributed by atoms with E-state index in [1.165, 1.54) is 26.2 Å². The molecule has 0 N–H and O–H groups in total. The summed E-state index contributed by atoms with van der Waals surface area (Å²) in [5, 5.41) is 0. The van der Waals surface area contributed by atoms with E-state index in [1.54, 1.807) is 26.0 Å². The van der Waals surface area contributed by atoms with Gasteiger partial charge in [-0.25, -0.2) is 14.6 Å². The van der Waals surface area contributed by atoms with E-state index in [2.05, 4.69) is 11.9 Å². The van der Waals surface area contributed by atoms with Gasteiger partial charge in [-0.05, 0) is 71.2 Å². The number of aliphatic imine (C=N–C) groups is 1. The second-order valence-electron chi connectivity index (χ2n) is 9.46. The fourth-order valence-electron chi connectivity index (χ4n) is 4.27. The number of esters is 1. The van der Waals surface area contributed by atoms with Crippen LogP contribution in [0.5, 0.6) is 17.2 Å². The summed E-state index contributed by atoms with van der Waals surface area (Å²) in [5.41, 5.74) is 2.24. The van der Waals surface area contributed by atoms with Crippen LogP contribution in [-0.2, 0) is 14.3 Å². The lowest BCUT2D eigenvalue weighted by molar-refractivity contribution is -0.138. The van der Waals surface area contributed by atoms with E-state index >= 15 is 0 Å². The Balaban J connectivity index is 2.62. The van der Waals surface area contributed by atoms with Gasteiger partial charge < -0.3 is 23.7 Å². The van der Waals surface area contributed by atoms with Crippen molar-refractivity contribution in [1.82, 2.24) is 4.90 Å². The Kier molecular flexibility index (Phi) is 11.7. The average Bonchev–Trinajstić information content (AvgIpc) is 2.86. The van der Waals surface area contributed by atoms with Crippen LogP contribution in [0.2, 0.25) is 0 Å². The van der Waals surface area contributed by atoms with Crippen LogP contribution in [0.4, 0.5) is 4.79 Å². The van der Waals surface area contributed by atoms with E-state index in [4.69, 9.17) is 23.7 Å². The number of rotatable bonds is 12. The molecule has 38 heavy (non-hydrogen) atoms. The number of unbranched alkanes of at least 4 members (excludes halogenated alkanes) is 2. The van der Waals surface area contributed by atoms with Crippen LogP contribution in [0, 0.1) is 0 Å². The first-order valence-corrected chi connectivity index (χ1v) is 13.0. The molecule has 1 aliphatic heterocycles. The molecule has 0 radical (unpaired) electrons. The van der Waals surface area contributed by atoms with Crippen LogP contribution in [0.1, 0.15) is 78.8 Å². The van der Waals surface area contributed by atoms with Gasteiger partial charge in [-0.15, -0.1) is 0 Å². The van der Waals surface area contributed by atoms with Gasteiger partial charge in [-0.3, -0.25) is 4.90 Å². The minimum atomic E-state index is -0.893. The molecule has 9 nitrogen and oxygen atoms in total. The predicted molar refractivity (Wildman–Crippen MR) is 147 cm³/mol. The van der Waals surface area contributed by atoms with Gasteiger partial charge in [-0.2, -0.15) is 0 Å². The Labute approximate surface area is 226 Å². The smallest absolute Gasteiger partial charge is 0.416 e. The van der Waals surface area contributed by atoms with Crippen molar-refractivity contribution in [3.63, 3.8) is 0 Å². The highest BCUT2D eigenvalue weighted by atomic mass is 16.6. The number of nitrogens with zero attached hydrogens (tertiary/aromatic N) is 2. The van der Waals surface area contributed by atoms with Gasteiger partial charge in [0.2, 0.25) is 5.75 Å². The Morgan fingerprint density at radius 2 is 1.68 bits per heavy atom. The minimum absolute atomic E-state index is 0.0987. The van der Waals surface area contributed by atoms with Gasteiger partial charge in [0.05, 0.1) is 32.6 Å². The molecule has 2 rings (SSSR count). The third-order valence-electron chi connectivity index (χ3n) is 6.24. The second-order valence-corrected chi connectivity index (χ2v) is 9.46. The highest BCUT2D eigenvalue weighted by Gasteiger charge is 2.41. The zero-order chi connectivity index (χ0) is 28.4. The van der Waals surface area contributed by atoms with Gasteiger partial charge in [-0.1, -0.05) is 25.3 Å². The number of amides is 1. The quantitative estimate of drug-likeness (QED) is 0.176. The van der Waals surface area contributed by atoms with Crippen molar-refractivity contribution in [2.45, 2.75) is 79.4 Å². The van der Waals surface area contributed by atoms with Crippen molar-refractivity contribution in [2.75, 3.05) is 27.9 Å². The van der Waals surface area contributed by atoms with E-state index in [1.807, 2.05) is 26.8 Å². The highest BCUT2D eigenvalue weighted by molar-refractivity contribution is 6.01. The van der Waals surface area contributed by atoms with Gasteiger partial charge in [0.25, 0.3) is 0 Å². The third kappa shape index (κ3) is 7.52. The summed E-state index contributed by atoms with van der Waals surface area (Å²) >= 11 is 0. The molecule has 0 aromatic heterocycles. The summed E-state index contributed by atoms with van der Waals surface area (Å²) in [7, 11) is 4.53. The standard InChI is InChI=1S/C29H42N2O7/c1-10-11-12-13-19(4)38-29(33)31-21(6)30-20(5)25(28(32)37-15-14-18(2)3)26(31)22-16-23(34-7)27(36-9)24(17-22)35-8/h14,16-17,19,26H,10-13,15H2,1-9H3. The molecule has 0 saturated carbocycles. The lowest BCUT2D eigenvalue weighted by atomic mass is 9.93. The maximum atomic E-state index is 13.6. The van der Waals surface area contributed by atoms with Crippen LogP contribution < -0.4 is 14.2 Å². The Morgan fingerprint density at radius 1 is 1.05 bits per heavy atom. The summed E-state index contributed by atoms with van der Waals surface area (Å²) < 4.78 is 28.0. The summed E-state index contributed by atoms with van der Waals surface area (Å²) in [6, 6.07) is 2.54. The lowest BCUT2D eigenvalue weighted by Crippen LogP contribution is -2.44. The maximum absolute atomic E-state index is 13.6. The molecule has 0 spiro atoms. The van der Waals surface area contributed by atoms with Crippen molar-refractivity contribution in [3.8, 4) is 17.2 Å². The molecule has 1 aromatic carbocycles. The number of hydrogen-bond acceptors (Lipinski definition) is 8. The molecule has 210 valence electrons. The molecule has 9 heteroatoms. The van der Waals surface area contributed by atoms with E-state index in [9.17, 15) is 9.59 Å². The summed E-state index contributed by atoms with van der Waals surface area (Å²) in [6.07, 6.45) is 4.73. The van der Waals surface area contributed by atoms with E-state index in [0.29, 0.717) is 34.3 Å². The molecule has 1 heterocycles. The molecule has 1 aromatic rings. The van der Waals surface area contributed by atoms with Crippen molar-refractivity contribution in [2.24, 2.45) is 4.99 Å². The van der Waals surface area contributed by atoms with Crippen molar-refractivity contribution >= 4 is 17.9 Å². The largest absolute Gasteiger partial charge is 0.493 e. The lowest BCUT2D eigenvalue weighted by Gasteiger charge is -2.36. The van der Waals surface area contributed by atoms with Crippen LogP contribution in [0.15, 0.2) is 40.0 Å². The van der Waals surface area contributed by atoms with Gasteiger partial charge in [0.15, 0.2) is 11.5 Å². The SMILES string of the molecule is CCCCCC(C)OC(=O)N1C(C)=NC(C)=C(C(=O)OCC=C(C)C)C1c1cc(OC)c(OC)c(OC)c1. The number of hydrogen-bond donors (Lipinski definition) is 0. The van der Waals surface area contributed by atoms with E-state index < -0.39 is 18.1 Å². The van der Waals surface area contributed by atoms with Crippen LogP contribution in [-0.4, -0.2) is 56.8 Å². The Bertz CT molecular complexity index is 1060. The zero-order valence-electron chi connectivity index (χ0n) is 24.2. The van der Waals surface area contributed by atoms with E-state index in [0.717, 1.165) is 31.3 Å². The first kappa shape index (κ1) is 30.7. The normalized spacial score (nSPS) is 15.9. The average molecular weight is 531 g/mol. The van der Waals surface area contributed by atoms with E-state index in [-0.39, 0.29) is 18.3 Å². The fraction of sp³-hybridized carbons (Fsp3) is 0.552. The fourth-order valence-corrected chi connectivity index (χ4v) is 4.27. The number of carbonyl (C=O) groups is 2. The first-order chi connectivity index (χ1) is 18.1.